The number of benzene rings is 1. The van der Waals surface area contributed by atoms with Crippen LogP contribution in [0.1, 0.15) is 22.2 Å². The van der Waals surface area contributed by atoms with E-state index in [0.717, 1.165) is 21.9 Å². The second kappa shape index (κ2) is 8.07. The van der Waals surface area contributed by atoms with E-state index in [2.05, 4.69) is 25.9 Å². The summed E-state index contributed by atoms with van der Waals surface area (Å²) in [5, 5.41) is 19.4. The fraction of sp³-hybridized carbons (Fsp3) is 0.294. The van der Waals surface area contributed by atoms with E-state index < -0.39 is 6.04 Å². The van der Waals surface area contributed by atoms with E-state index in [1.807, 2.05) is 31.3 Å². The highest BCUT2D eigenvalue weighted by Crippen LogP contribution is 2.22. The van der Waals surface area contributed by atoms with E-state index in [4.69, 9.17) is 4.74 Å². The number of aromatic nitrogens is 4. The molecule has 0 aliphatic rings. The van der Waals surface area contributed by atoms with Crippen LogP contribution in [0.4, 0.5) is 5.13 Å². The Kier molecular flexibility index (Phi) is 5.59. The predicted molar refractivity (Wildman–Crippen MR) is 99.3 cm³/mol. The van der Waals surface area contributed by atoms with Crippen molar-refractivity contribution in [3.63, 3.8) is 0 Å². The maximum absolute atomic E-state index is 12.5. The Bertz CT molecular complexity index is 891. The quantitative estimate of drug-likeness (QED) is 0.656. The Morgan fingerprint density at radius 2 is 2.23 bits per heavy atom. The number of rotatable bonds is 7. The summed E-state index contributed by atoms with van der Waals surface area (Å²) in [6.07, 6.45) is 4.09. The SMILES string of the molecule is CNC(C(=O)Nc1nnc(Cc2cccc(OC)c2)s1)c1cnn(C)c1. The van der Waals surface area contributed by atoms with E-state index in [1.54, 1.807) is 31.2 Å². The maximum atomic E-state index is 12.5. The lowest BCUT2D eigenvalue weighted by molar-refractivity contribution is -0.118. The smallest absolute Gasteiger partial charge is 0.248 e. The molecule has 2 N–H and O–H groups in total. The topological polar surface area (TPSA) is 94.0 Å². The van der Waals surface area contributed by atoms with Gasteiger partial charge in [-0.15, -0.1) is 10.2 Å². The molecule has 1 aromatic carbocycles. The molecular weight excluding hydrogens is 352 g/mol. The van der Waals surface area contributed by atoms with Gasteiger partial charge in [-0.05, 0) is 24.7 Å². The minimum atomic E-state index is -0.505. The van der Waals surface area contributed by atoms with Gasteiger partial charge in [-0.1, -0.05) is 23.5 Å². The summed E-state index contributed by atoms with van der Waals surface area (Å²) in [5.41, 5.74) is 1.86. The molecule has 3 aromatic rings. The number of carbonyl (C=O) groups is 1. The molecule has 136 valence electrons. The van der Waals surface area contributed by atoms with Gasteiger partial charge in [0.25, 0.3) is 0 Å². The molecule has 3 rings (SSSR count). The number of amides is 1. The Morgan fingerprint density at radius 1 is 1.38 bits per heavy atom. The zero-order valence-electron chi connectivity index (χ0n) is 14.8. The first-order valence-electron chi connectivity index (χ1n) is 8.01. The molecule has 1 atom stereocenters. The third kappa shape index (κ3) is 4.24. The Morgan fingerprint density at radius 3 is 2.92 bits per heavy atom. The van der Waals surface area contributed by atoms with Gasteiger partial charge in [0, 0.05) is 25.2 Å². The van der Waals surface area contributed by atoms with Crippen molar-refractivity contribution < 1.29 is 9.53 Å². The largest absolute Gasteiger partial charge is 0.497 e. The Balaban J connectivity index is 1.66. The van der Waals surface area contributed by atoms with Crippen molar-refractivity contribution in [3.05, 3.63) is 52.8 Å². The minimum Gasteiger partial charge on any atom is -0.497 e. The molecule has 0 radical (unpaired) electrons. The first-order valence-corrected chi connectivity index (χ1v) is 8.82. The van der Waals surface area contributed by atoms with Gasteiger partial charge < -0.3 is 10.1 Å². The lowest BCUT2D eigenvalue weighted by atomic mass is 10.1. The summed E-state index contributed by atoms with van der Waals surface area (Å²) in [7, 11) is 5.17. The number of likely N-dealkylation sites (N-methyl/N-ethyl adjacent to an activating group) is 1. The van der Waals surface area contributed by atoms with Gasteiger partial charge in [-0.3, -0.25) is 14.8 Å². The van der Waals surface area contributed by atoms with Gasteiger partial charge in [0.15, 0.2) is 0 Å². The van der Waals surface area contributed by atoms with Crippen LogP contribution in [0.15, 0.2) is 36.7 Å². The summed E-state index contributed by atoms with van der Waals surface area (Å²) in [6.45, 7) is 0. The highest BCUT2D eigenvalue weighted by molar-refractivity contribution is 7.15. The summed E-state index contributed by atoms with van der Waals surface area (Å²) >= 11 is 1.35. The molecule has 0 spiro atoms. The molecule has 0 fully saturated rings. The van der Waals surface area contributed by atoms with Gasteiger partial charge >= 0.3 is 0 Å². The molecule has 26 heavy (non-hydrogen) atoms. The molecule has 8 nitrogen and oxygen atoms in total. The standard InChI is InChI=1S/C17H20N6O2S/c1-18-15(12-9-19-23(2)10-12)16(24)20-17-22-21-14(26-17)8-11-5-4-6-13(7-11)25-3/h4-7,9-10,15,18H,8H2,1-3H3,(H,20,22,24). The summed E-state index contributed by atoms with van der Waals surface area (Å²) in [6, 6.07) is 7.28. The van der Waals surface area contributed by atoms with Crippen LogP contribution in [0, 0.1) is 0 Å². The average Bonchev–Trinajstić information content (AvgIpc) is 3.25. The molecule has 0 bridgehead atoms. The average molecular weight is 372 g/mol. The third-order valence-corrected chi connectivity index (χ3v) is 4.63. The van der Waals surface area contributed by atoms with Crippen LogP contribution in [0.2, 0.25) is 0 Å². The van der Waals surface area contributed by atoms with Crippen LogP contribution >= 0.6 is 11.3 Å². The van der Waals surface area contributed by atoms with Crippen molar-refractivity contribution in [3.8, 4) is 5.75 Å². The monoisotopic (exact) mass is 372 g/mol. The Hall–Kier alpha value is -2.78. The number of nitrogens with zero attached hydrogens (tertiary/aromatic N) is 4. The van der Waals surface area contributed by atoms with Crippen molar-refractivity contribution in [1.82, 2.24) is 25.3 Å². The molecule has 2 aromatic heterocycles. The van der Waals surface area contributed by atoms with E-state index in [0.29, 0.717) is 11.6 Å². The number of aryl methyl sites for hydroxylation is 1. The summed E-state index contributed by atoms with van der Waals surface area (Å²) in [4.78, 5) is 12.5. The highest BCUT2D eigenvalue weighted by Gasteiger charge is 2.21. The second-order valence-corrected chi connectivity index (χ2v) is 6.75. The van der Waals surface area contributed by atoms with Gasteiger partial charge in [0.1, 0.15) is 16.8 Å². The number of nitrogens with one attached hydrogen (secondary N) is 2. The number of anilines is 1. The number of methoxy groups -OCH3 is 1. The summed E-state index contributed by atoms with van der Waals surface area (Å²) < 4.78 is 6.89. The van der Waals surface area contributed by atoms with Gasteiger partial charge in [-0.2, -0.15) is 5.10 Å². The molecule has 1 unspecified atom stereocenters. The molecule has 0 aliphatic heterocycles. The van der Waals surface area contributed by atoms with Crippen molar-refractivity contribution in [1.29, 1.82) is 0 Å². The van der Waals surface area contributed by atoms with Crippen LogP contribution in [0.5, 0.6) is 5.75 Å². The molecule has 2 heterocycles. The summed E-state index contributed by atoms with van der Waals surface area (Å²) in [5.74, 6) is 0.596. The highest BCUT2D eigenvalue weighted by atomic mass is 32.1. The van der Waals surface area contributed by atoms with Crippen molar-refractivity contribution in [2.24, 2.45) is 7.05 Å². The van der Waals surface area contributed by atoms with Crippen LogP contribution in [-0.2, 0) is 18.3 Å². The van der Waals surface area contributed by atoms with Crippen LogP contribution in [0.25, 0.3) is 0 Å². The maximum Gasteiger partial charge on any atom is 0.248 e. The van der Waals surface area contributed by atoms with Crippen LogP contribution < -0.4 is 15.4 Å². The van der Waals surface area contributed by atoms with Gasteiger partial charge in [0.05, 0.1) is 13.3 Å². The molecule has 0 saturated heterocycles. The van der Waals surface area contributed by atoms with Crippen molar-refractivity contribution in [2.75, 3.05) is 19.5 Å². The minimum absolute atomic E-state index is 0.204. The van der Waals surface area contributed by atoms with E-state index in [9.17, 15) is 4.79 Å². The number of hydrogen-bond acceptors (Lipinski definition) is 7. The van der Waals surface area contributed by atoms with Gasteiger partial charge in [0.2, 0.25) is 11.0 Å². The molecule has 0 saturated carbocycles. The molecule has 9 heteroatoms. The number of hydrogen-bond donors (Lipinski definition) is 2. The second-order valence-electron chi connectivity index (χ2n) is 5.69. The van der Waals surface area contributed by atoms with Crippen LogP contribution in [0.3, 0.4) is 0 Å². The van der Waals surface area contributed by atoms with Crippen molar-refractivity contribution in [2.45, 2.75) is 12.5 Å². The van der Waals surface area contributed by atoms with Crippen LogP contribution in [-0.4, -0.2) is 40.0 Å². The lowest BCUT2D eigenvalue weighted by Gasteiger charge is -2.12. The lowest BCUT2D eigenvalue weighted by Crippen LogP contribution is -2.30. The van der Waals surface area contributed by atoms with E-state index in [1.165, 1.54) is 11.3 Å². The fourth-order valence-electron chi connectivity index (χ4n) is 2.55. The molecule has 0 aliphatic carbocycles. The fourth-order valence-corrected chi connectivity index (χ4v) is 3.33. The predicted octanol–water partition coefficient (Wildman–Crippen LogP) is 1.77. The molecule has 1 amide bonds. The first-order chi connectivity index (χ1) is 12.6. The first kappa shape index (κ1) is 18.0. The number of ether oxygens (including phenoxy) is 1. The normalized spacial score (nSPS) is 12.0. The zero-order valence-corrected chi connectivity index (χ0v) is 15.6. The van der Waals surface area contributed by atoms with E-state index in [-0.39, 0.29) is 5.91 Å². The number of carbonyl (C=O) groups excluding carboxylic acids is 1. The zero-order chi connectivity index (χ0) is 18.5. The Labute approximate surface area is 155 Å². The molecular formula is C17H20N6O2S. The third-order valence-electron chi connectivity index (χ3n) is 3.80. The van der Waals surface area contributed by atoms with E-state index >= 15 is 0 Å². The van der Waals surface area contributed by atoms with Crippen molar-refractivity contribution >= 4 is 22.4 Å². The van der Waals surface area contributed by atoms with Gasteiger partial charge in [-0.25, -0.2) is 0 Å².